The minimum Gasteiger partial charge on any atom is -0.389 e. The van der Waals surface area contributed by atoms with E-state index in [2.05, 4.69) is 5.32 Å². The number of hydrogen-bond acceptors (Lipinski definition) is 9. The molecule has 1 aliphatic carbocycles. The number of aliphatic hydroxyl groups is 4. The highest BCUT2D eigenvalue weighted by atomic mass is 16.7. The van der Waals surface area contributed by atoms with Crippen molar-refractivity contribution in [3.63, 3.8) is 0 Å². The fraction of sp³-hybridized carbons (Fsp3) is 1.00. The van der Waals surface area contributed by atoms with Gasteiger partial charge >= 0.3 is 0 Å². The smallest absolute Gasteiger partial charge is 0.185 e. The molecule has 9 heteroatoms. The summed E-state index contributed by atoms with van der Waals surface area (Å²) in [5.74, 6) is 0. The van der Waals surface area contributed by atoms with Gasteiger partial charge in [0.1, 0.15) is 23.9 Å². The second-order valence-corrected chi connectivity index (χ2v) is 6.44. The summed E-state index contributed by atoms with van der Waals surface area (Å²) in [7, 11) is 1.61. The molecule has 0 spiro atoms. The molecule has 1 heterocycles. The minimum atomic E-state index is -1.27. The van der Waals surface area contributed by atoms with Crippen LogP contribution in [0.25, 0.3) is 0 Å². The SMILES string of the molecule is CN[C@H]1[C@H](O)[C@@H](O[C@@H]2[C@@H](O)[C@H](O)[C@@H](N)C[C@@H]2N)OC[C@]1(C)O. The first kappa shape index (κ1) is 18.0. The highest BCUT2D eigenvalue weighted by Gasteiger charge is 2.49. The molecule has 9 nitrogen and oxygen atoms in total. The molecule has 1 saturated carbocycles. The topological polar surface area (TPSA) is 163 Å². The highest BCUT2D eigenvalue weighted by Crippen LogP contribution is 2.28. The Morgan fingerprint density at radius 3 is 2.36 bits per heavy atom. The van der Waals surface area contributed by atoms with Crippen molar-refractivity contribution in [2.45, 2.75) is 67.8 Å². The normalized spacial score (nSPS) is 53.5. The Morgan fingerprint density at radius 2 is 1.77 bits per heavy atom. The molecule has 0 aromatic heterocycles. The Bertz CT molecular complexity index is 385. The number of hydrogen-bond donors (Lipinski definition) is 7. The number of nitrogens with one attached hydrogen (secondary N) is 1. The van der Waals surface area contributed by atoms with Crippen LogP contribution in [-0.4, -0.2) is 88.5 Å². The lowest BCUT2D eigenvalue weighted by molar-refractivity contribution is -0.296. The quantitative estimate of drug-likeness (QED) is 0.276. The number of rotatable bonds is 3. The summed E-state index contributed by atoms with van der Waals surface area (Å²) >= 11 is 0. The summed E-state index contributed by atoms with van der Waals surface area (Å²) in [6, 6.07) is -1.90. The van der Waals surface area contributed by atoms with Crippen molar-refractivity contribution in [1.82, 2.24) is 5.32 Å². The van der Waals surface area contributed by atoms with E-state index in [9.17, 15) is 20.4 Å². The van der Waals surface area contributed by atoms with Gasteiger partial charge in [-0.2, -0.15) is 0 Å². The van der Waals surface area contributed by atoms with Crippen molar-refractivity contribution in [2.24, 2.45) is 11.5 Å². The van der Waals surface area contributed by atoms with Crippen LogP contribution in [0.1, 0.15) is 13.3 Å². The molecule has 2 aliphatic rings. The molecule has 1 saturated heterocycles. The zero-order valence-electron chi connectivity index (χ0n) is 12.8. The van der Waals surface area contributed by atoms with Crippen LogP contribution < -0.4 is 16.8 Å². The largest absolute Gasteiger partial charge is 0.389 e. The molecule has 9 N–H and O–H groups in total. The monoisotopic (exact) mass is 321 g/mol. The maximum absolute atomic E-state index is 10.3. The second-order valence-electron chi connectivity index (χ2n) is 6.44. The number of likely N-dealkylation sites (N-methyl/N-ethyl adjacent to an activating group) is 1. The van der Waals surface area contributed by atoms with E-state index in [1.807, 2.05) is 0 Å². The van der Waals surface area contributed by atoms with Gasteiger partial charge in [-0.15, -0.1) is 0 Å². The second kappa shape index (κ2) is 6.63. The van der Waals surface area contributed by atoms with Crippen LogP contribution in [0.4, 0.5) is 0 Å². The van der Waals surface area contributed by atoms with Gasteiger partial charge in [0.2, 0.25) is 0 Å². The van der Waals surface area contributed by atoms with E-state index < -0.39 is 54.4 Å². The summed E-state index contributed by atoms with van der Waals surface area (Å²) in [6.07, 6.45) is -5.32. The maximum Gasteiger partial charge on any atom is 0.185 e. The van der Waals surface area contributed by atoms with Gasteiger partial charge in [0.25, 0.3) is 0 Å². The van der Waals surface area contributed by atoms with Gasteiger partial charge < -0.3 is 46.7 Å². The van der Waals surface area contributed by atoms with Crippen LogP contribution >= 0.6 is 0 Å². The highest BCUT2D eigenvalue weighted by molar-refractivity contribution is 5.00. The van der Waals surface area contributed by atoms with E-state index in [1.165, 1.54) is 6.92 Å². The molecule has 0 aromatic rings. The lowest BCUT2D eigenvalue weighted by Crippen LogP contribution is -2.68. The Labute approximate surface area is 129 Å². The minimum absolute atomic E-state index is 0.0552. The molecule has 2 fully saturated rings. The number of ether oxygens (including phenoxy) is 2. The van der Waals surface area contributed by atoms with Crippen LogP contribution in [-0.2, 0) is 9.47 Å². The van der Waals surface area contributed by atoms with Gasteiger partial charge in [0, 0.05) is 12.1 Å². The third-order valence-corrected chi connectivity index (χ3v) is 4.52. The van der Waals surface area contributed by atoms with Crippen molar-refractivity contribution in [3.05, 3.63) is 0 Å². The Balaban J connectivity index is 2.07. The van der Waals surface area contributed by atoms with Crippen molar-refractivity contribution in [2.75, 3.05) is 13.7 Å². The summed E-state index contributed by atoms with van der Waals surface area (Å²) in [5, 5.41) is 43.2. The first-order chi connectivity index (χ1) is 10.2. The third kappa shape index (κ3) is 3.28. The first-order valence-corrected chi connectivity index (χ1v) is 7.41. The van der Waals surface area contributed by atoms with Gasteiger partial charge in [0.15, 0.2) is 6.29 Å². The van der Waals surface area contributed by atoms with E-state index in [4.69, 9.17) is 20.9 Å². The number of aliphatic hydroxyl groups excluding tert-OH is 3. The standard InChI is InChI=1S/C13H27N3O6/c1-13(20)4-21-12(9(19)11(13)16-2)22-10-6(15)3-5(14)7(17)8(10)18/h5-12,16-20H,3-4,14-15H2,1-2H3/t5-,6-,7+,8-,9-,10-,11-,12+,13-/m0/s1. The summed E-state index contributed by atoms with van der Waals surface area (Å²) in [5.41, 5.74) is 10.4. The van der Waals surface area contributed by atoms with E-state index in [-0.39, 0.29) is 13.0 Å². The van der Waals surface area contributed by atoms with Crippen LogP contribution in [0.15, 0.2) is 0 Å². The van der Waals surface area contributed by atoms with Crippen molar-refractivity contribution in [3.8, 4) is 0 Å². The van der Waals surface area contributed by atoms with Gasteiger partial charge in [-0.25, -0.2) is 0 Å². The van der Waals surface area contributed by atoms with E-state index in [0.29, 0.717) is 0 Å². The summed E-state index contributed by atoms with van der Waals surface area (Å²) < 4.78 is 11.0. The van der Waals surface area contributed by atoms with Crippen molar-refractivity contribution >= 4 is 0 Å². The van der Waals surface area contributed by atoms with E-state index >= 15 is 0 Å². The zero-order valence-corrected chi connectivity index (χ0v) is 12.8. The molecule has 0 amide bonds. The first-order valence-electron chi connectivity index (χ1n) is 7.41. The van der Waals surface area contributed by atoms with Crippen molar-refractivity contribution in [1.29, 1.82) is 0 Å². The molecule has 1 aliphatic heterocycles. The molecular weight excluding hydrogens is 294 g/mol. The Morgan fingerprint density at radius 1 is 1.14 bits per heavy atom. The van der Waals surface area contributed by atoms with Crippen LogP contribution in [0.2, 0.25) is 0 Å². The average Bonchev–Trinajstić information content (AvgIpc) is 2.43. The molecule has 0 aromatic carbocycles. The third-order valence-electron chi connectivity index (χ3n) is 4.52. The predicted octanol–water partition coefficient (Wildman–Crippen LogP) is -3.79. The summed E-state index contributed by atoms with van der Waals surface area (Å²) in [4.78, 5) is 0. The molecule has 9 atom stereocenters. The van der Waals surface area contributed by atoms with Crippen LogP contribution in [0.3, 0.4) is 0 Å². The van der Waals surface area contributed by atoms with Gasteiger partial charge in [-0.05, 0) is 20.4 Å². The van der Waals surface area contributed by atoms with Gasteiger partial charge in [-0.3, -0.25) is 0 Å². The summed E-state index contributed by atoms with van der Waals surface area (Å²) in [6.45, 7) is 1.48. The lowest BCUT2D eigenvalue weighted by Gasteiger charge is -2.47. The maximum atomic E-state index is 10.3. The Kier molecular flexibility index (Phi) is 5.42. The Hall–Kier alpha value is -0.360. The molecule has 22 heavy (non-hydrogen) atoms. The molecule has 2 rings (SSSR count). The van der Waals surface area contributed by atoms with E-state index in [0.717, 1.165) is 0 Å². The van der Waals surface area contributed by atoms with Gasteiger partial charge in [0.05, 0.1) is 18.8 Å². The molecular formula is C13H27N3O6. The van der Waals surface area contributed by atoms with Crippen LogP contribution in [0, 0.1) is 0 Å². The van der Waals surface area contributed by atoms with Gasteiger partial charge in [-0.1, -0.05) is 0 Å². The molecule has 130 valence electrons. The zero-order chi connectivity index (χ0) is 16.7. The molecule has 0 unspecified atom stereocenters. The molecule has 0 radical (unpaired) electrons. The van der Waals surface area contributed by atoms with E-state index in [1.54, 1.807) is 7.05 Å². The predicted molar refractivity (Wildman–Crippen MR) is 76.7 cm³/mol. The number of nitrogens with two attached hydrogens (primary N) is 2. The fourth-order valence-electron chi connectivity index (χ4n) is 3.19. The lowest BCUT2D eigenvalue weighted by atomic mass is 9.84. The fourth-order valence-corrected chi connectivity index (χ4v) is 3.19. The van der Waals surface area contributed by atoms with Crippen molar-refractivity contribution < 1.29 is 29.9 Å². The van der Waals surface area contributed by atoms with Crippen LogP contribution in [0.5, 0.6) is 0 Å². The average molecular weight is 321 g/mol. The molecule has 0 bridgehead atoms.